The first kappa shape index (κ1) is 36.5. The van der Waals surface area contributed by atoms with Gasteiger partial charge in [-0.2, -0.15) is 0 Å². The lowest BCUT2D eigenvalue weighted by Gasteiger charge is -2.38. The number of nitrogens with zero attached hydrogens (tertiary/aromatic N) is 2. The van der Waals surface area contributed by atoms with Gasteiger partial charge in [-0.25, -0.2) is 0 Å². The van der Waals surface area contributed by atoms with Gasteiger partial charge >= 0.3 is 0 Å². The molecule has 0 aliphatic heterocycles. The van der Waals surface area contributed by atoms with Crippen LogP contribution in [0, 0.1) is 0 Å². The normalized spacial score (nSPS) is 11.9. The van der Waals surface area contributed by atoms with E-state index in [0.717, 1.165) is 46.3 Å². The molecule has 0 unspecified atom stereocenters. The minimum Gasteiger partial charge on any atom is -0.872 e. The van der Waals surface area contributed by atoms with Crippen molar-refractivity contribution in [2.75, 3.05) is 56.4 Å². The van der Waals surface area contributed by atoms with E-state index >= 15 is 0 Å². The van der Waals surface area contributed by atoms with Crippen LogP contribution < -0.4 is 15.2 Å². The molecule has 0 fully saturated rings. The van der Waals surface area contributed by atoms with E-state index in [4.69, 9.17) is 4.34 Å². The van der Waals surface area contributed by atoms with E-state index in [1.165, 1.54) is 42.4 Å². The fraction of sp³-hybridized carbons (Fsp3) is 0.786. The lowest BCUT2D eigenvalue weighted by molar-refractivity contribution is -0.849. The largest absolute Gasteiger partial charge is 0.872 e. The van der Waals surface area contributed by atoms with Crippen LogP contribution >= 0.6 is 0 Å². The molecule has 0 atom stereocenters. The van der Waals surface area contributed by atoms with Crippen molar-refractivity contribution < 1.29 is 23.4 Å². The van der Waals surface area contributed by atoms with Gasteiger partial charge in [-0.1, -0.05) is 52.2 Å². The highest BCUT2D eigenvalue weighted by atomic mass is 28.4. The van der Waals surface area contributed by atoms with Gasteiger partial charge in [0.15, 0.2) is 8.32 Å². The van der Waals surface area contributed by atoms with Gasteiger partial charge in [0.25, 0.3) is 0 Å². The lowest BCUT2D eigenvalue weighted by atomic mass is 9.91. The zero-order valence-corrected chi connectivity index (χ0v) is 26.7. The fourth-order valence-corrected chi connectivity index (χ4v) is 5.61. The van der Waals surface area contributed by atoms with Crippen LogP contribution in [0.2, 0.25) is 13.1 Å². The maximum Gasteiger partial charge on any atom is 0.199 e. The summed E-state index contributed by atoms with van der Waals surface area (Å²) < 4.78 is 7.35. The summed E-state index contributed by atoms with van der Waals surface area (Å²) >= 11 is 0. The van der Waals surface area contributed by atoms with Crippen molar-refractivity contribution in [1.29, 1.82) is 0 Å². The Hall–Kier alpha value is -0.698. The summed E-state index contributed by atoms with van der Waals surface area (Å²) in [5, 5.41) is 23.5. The molecule has 0 heterocycles. The molecule has 7 heteroatoms. The molecule has 0 aliphatic rings. The van der Waals surface area contributed by atoms with Gasteiger partial charge in [-0.05, 0) is 73.5 Å². The molecule has 206 valence electrons. The fourth-order valence-electron chi connectivity index (χ4n) is 3.52. The lowest BCUT2D eigenvalue weighted by Crippen LogP contribution is -2.59. The van der Waals surface area contributed by atoms with E-state index in [0.29, 0.717) is 0 Å². The molecular formula is C28H59BN2O3Si. The molecule has 1 aromatic carbocycles. The Morgan fingerprint density at radius 2 is 1.06 bits per heavy atom. The molecule has 0 bridgehead atoms. The van der Waals surface area contributed by atoms with E-state index in [-0.39, 0.29) is 0 Å². The standard InChI is InChI=1S/C20H35BO3Si.2C4H12N/c1-6-9-12-17-15-16-20(25(4,5)24-21(22)23)19(14-11-8-3)18(17)13-10-7-2;2*1-5(2,3)4/h15-16H,6-14H2,1-5H3;2*1-4H3/q-2;2*+1. The first-order valence-electron chi connectivity index (χ1n) is 13.6. The molecule has 0 aliphatic carbocycles. The Bertz CT molecular complexity index is 660. The SMILES string of the molecule is CCCCc1ccc([Si](C)(C)OB([O-])[O-])c(CCCC)c1CCCC.C[N+](C)(C)C.C[N+](C)(C)C. The number of rotatable bonds is 12. The summed E-state index contributed by atoms with van der Waals surface area (Å²) in [4.78, 5) is 0. The second-order valence-electron chi connectivity index (χ2n) is 12.8. The second-order valence-corrected chi connectivity index (χ2v) is 16.6. The first-order valence-corrected chi connectivity index (χ1v) is 16.5. The number of benzene rings is 1. The third-order valence-corrected chi connectivity index (χ3v) is 7.48. The molecule has 0 radical (unpaired) electrons. The van der Waals surface area contributed by atoms with E-state index < -0.39 is 15.6 Å². The Balaban J connectivity index is 0. The van der Waals surface area contributed by atoms with Gasteiger partial charge in [-0.15, -0.1) is 0 Å². The summed E-state index contributed by atoms with van der Waals surface area (Å²) in [7, 11) is 12.3. The molecule has 0 aromatic heterocycles. The van der Waals surface area contributed by atoms with Gasteiger partial charge in [0.1, 0.15) is 0 Å². The highest BCUT2D eigenvalue weighted by Gasteiger charge is 2.28. The summed E-state index contributed by atoms with van der Waals surface area (Å²) in [6.07, 6.45) is 10.2. The molecule has 0 saturated heterocycles. The molecule has 0 N–H and O–H groups in total. The van der Waals surface area contributed by atoms with E-state index in [1.807, 2.05) is 13.1 Å². The van der Waals surface area contributed by atoms with Gasteiger partial charge in [-0.3, -0.25) is 0 Å². The van der Waals surface area contributed by atoms with Crippen LogP contribution in [0.15, 0.2) is 12.1 Å². The Labute approximate surface area is 221 Å². The number of unbranched alkanes of at least 4 members (excludes halogenated alkanes) is 3. The Kier molecular flexibility index (Phi) is 18.4. The zero-order valence-electron chi connectivity index (χ0n) is 25.7. The van der Waals surface area contributed by atoms with Crippen LogP contribution in [0.25, 0.3) is 0 Å². The van der Waals surface area contributed by atoms with E-state index in [1.54, 1.807) is 0 Å². The first-order chi connectivity index (χ1) is 15.9. The topological polar surface area (TPSA) is 55.3 Å². The van der Waals surface area contributed by atoms with Crippen molar-refractivity contribution in [1.82, 2.24) is 0 Å². The smallest absolute Gasteiger partial charge is 0.199 e. The minimum atomic E-state index is -2.49. The number of hydrogen-bond acceptors (Lipinski definition) is 3. The van der Waals surface area contributed by atoms with Crippen molar-refractivity contribution in [3.63, 3.8) is 0 Å². The second kappa shape index (κ2) is 17.7. The van der Waals surface area contributed by atoms with Crippen molar-refractivity contribution in [2.24, 2.45) is 0 Å². The predicted molar refractivity (Wildman–Crippen MR) is 154 cm³/mol. The third-order valence-electron chi connectivity index (χ3n) is 4.93. The Morgan fingerprint density at radius 3 is 1.43 bits per heavy atom. The summed E-state index contributed by atoms with van der Waals surface area (Å²) in [6, 6.07) is 4.38. The third kappa shape index (κ3) is 21.1. The zero-order chi connectivity index (χ0) is 27.9. The summed E-state index contributed by atoms with van der Waals surface area (Å²) in [6.45, 7) is 10.6. The maximum absolute atomic E-state index is 11.2. The van der Waals surface area contributed by atoms with E-state index in [2.05, 4.69) is 89.3 Å². The van der Waals surface area contributed by atoms with E-state index in [9.17, 15) is 10.0 Å². The number of aryl methyl sites for hydroxylation is 1. The molecule has 5 nitrogen and oxygen atoms in total. The van der Waals surface area contributed by atoms with Crippen molar-refractivity contribution in [3.8, 4) is 0 Å². The molecule has 1 rings (SSSR count). The van der Waals surface area contributed by atoms with Gasteiger partial charge in [0.05, 0.1) is 56.4 Å². The molecule has 35 heavy (non-hydrogen) atoms. The van der Waals surface area contributed by atoms with Crippen LogP contribution in [0.1, 0.15) is 76.0 Å². The Morgan fingerprint density at radius 1 is 0.686 bits per heavy atom. The molecule has 0 spiro atoms. The summed E-state index contributed by atoms with van der Waals surface area (Å²) in [5.74, 6) is 0. The highest BCUT2D eigenvalue weighted by Crippen LogP contribution is 2.23. The molecule has 0 amide bonds. The monoisotopic (exact) mass is 510 g/mol. The van der Waals surface area contributed by atoms with Crippen LogP contribution in [0.5, 0.6) is 0 Å². The van der Waals surface area contributed by atoms with Crippen molar-refractivity contribution >= 4 is 20.8 Å². The van der Waals surface area contributed by atoms with Crippen LogP contribution in [0.3, 0.4) is 0 Å². The van der Waals surface area contributed by atoms with Crippen molar-refractivity contribution in [3.05, 3.63) is 28.8 Å². The predicted octanol–water partition coefficient (Wildman–Crippen LogP) is 3.49. The van der Waals surface area contributed by atoms with Crippen molar-refractivity contribution in [2.45, 2.75) is 91.7 Å². The van der Waals surface area contributed by atoms with Crippen LogP contribution in [-0.4, -0.2) is 81.0 Å². The highest BCUT2D eigenvalue weighted by molar-refractivity contribution is 6.87. The van der Waals surface area contributed by atoms with Gasteiger partial charge < -0.3 is 23.4 Å². The molecule has 0 saturated carbocycles. The molecule has 1 aromatic rings. The van der Waals surface area contributed by atoms with Gasteiger partial charge in [0, 0.05) is 7.32 Å². The average molecular weight is 511 g/mol. The number of hydrogen-bond donors (Lipinski definition) is 0. The van der Waals surface area contributed by atoms with Gasteiger partial charge in [0.2, 0.25) is 0 Å². The number of quaternary nitrogens is 2. The maximum atomic E-state index is 11.2. The quantitative estimate of drug-likeness (QED) is 0.320. The summed E-state index contributed by atoms with van der Waals surface area (Å²) in [5.41, 5.74) is 4.30. The van der Waals surface area contributed by atoms with Crippen LogP contribution in [-0.2, 0) is 23.6 Å². The minimum absolute atomic E-state index is 1.00. The van der Waals surface area contributed by atoms with Crippen LogP contribution in [0.4, 0.5) is 0 Å². The average Bonchev–Trinajstić information content (AvgIpc) is 2.65. The molecular weight excluding hydrogens is 451 g/mol.